The van der Waals surface area contributed by atoms with Gasteiger partial charge in [0, 0.05) is 12.2 Å². The van der Waals surface area contributed by atoms with E-state index in [2.05, 4.69) is 4.98 Å². The van der Waals surface area contributed by atoms with Gasteiger partial charge < -0.3 is 10.6 Å². The molecule has 0 spiro atoms. The number of nitrogens with zero attached hydrogens (tertiary/aromatic N) is 2. The standard InChI is InChI=1S/C11H15N3OS/c1-8(2)14(7-10(12)16)11(15)9-5-3-4-6-13-9/h3-6,8H,7H2,1-2H3,(H2,12,16). The molecule has 16 heavy (non-hydrogen) atoms. The lowest BCUT2D eigenvalue weighted by atomic mass is 10.2. The maximum absolute atomic E-state index is 12.1. The van der Waals surface area contributed by atoms with E-state index in [0.717, 1.165) is 0 Å². The summed E-state index contributed by atoms with van der Waals surface area (Å²) in [5.74, 6) is -0.150. The molecule has 0 unspecified atom stereocenters. The summed E-state index contributed by atoms with van der Waals surface area (Å²) in [5, 5.41) is 0. The van der Waals surface area contributed by atoms with E-state index in [-0.39, 0.29) is 18.5 Å². The van der Waals surface area contributed by atoms with Crippen LogP contribution in [0.15, 0.2) is 24.4 Å². The Labute approximate surface area is 100 Å². The van der Waals surface area contributed by atoms with Gasteiger partial charge in [-0.05, 0) is 26.0 Å². The fraction of sp³-hybridized carbons (Fsp3) is 0.364. The Hall–Kier alpha value is -1.49. The summed E-state index contributed by atoms with van der Waals surface area (Å²) in [4.78, 5) is 18.0. The Balaban J connectivity index is 2.88. The van der Waals surface area contributed by atoms with Gasteiger partial charge in [-0.1, -0.05) is 18.3 Å². The number of carbonyl (C=O) groups excluding carboxylic acids is 1. The summed E-state index contributed by atoms with van der Waals surface area (Å²) in [7, 11) is 0. The van der Waals surface area contributed by atoms with Crippen LogP contribution in [0.5, 0.6) is 0 Å². The van der Waals surface area contributed by atoms with Crippen molar-refractivity contribution in [3.05, 3.63) is 30.1 Å². The zero-order chi connectivity index (χ0) is 12.1. The zero-order valence-corrected chi connectivity index (χ0v) is 10.2. The molecule has 0 saturated carbocycles. The number of hydrogen-bond donors (Lipinski definition) is 1. The summed E-state index contributed by atoms with van der Waals surface area (Å²) >= 11 is 4.82. The second kappa shape index (κ2) is 5.55. The minimum Gasteiger partial charge on any atom is -0.392 e. The molecule has 1 rings (SSSR count). The summed E-state index contributed by atoms with van der Waals surface area (Å²) in [6.45, 7) is 4.11. The molecule has 1 aromatic rings. The molecule has 0 aliphatic carbocycles. The molecule has 0 aromatic carbocycles. The Morgan fingerprint density at radius 2 is 2.25 bits per heavy atom. The summed E-state index contributed by atoms with van der Waals surface area (Å²) in [6, 6.07) is 5.26. The van der Waals surface area contributed by atoms with Crippen LogP contribution in [0.3, 0.4) is 0 Å². The Kier molecular flexibility index (Phi) is 4.37. The highest BCUT2D eigenvalue weighted by Crippen LogP contribution is 2.05. The second-order valence-electron chi connectivity index (χ2n) is 3.71. The van der Waals surface area contributed by atoms with Crippen molar-refractivity contribution >= 4 is 23.1 Å². The van der Waals surface area contributed by atoms with E-state index < -0.39 is 0 Å². The number of rotatable bonds is 4. The van der Waals surface area contributed by atoms with E-state index in [1.807, 2.05) is 13.8 Å². The van der Waals surface area contributed by atoms with E-state index >= 15 is 0 Å². The molecule has 1 amide bonds. The van der Waals surface area contributed by atoms with Gasteiger partial charge in [0.05, 0.1) is 11.5 Å². The molecule has 0 bridgehead atoms. The monoisotopic (exact) mass is 237 g/mol. The number of nitrogens with two attached hydrogens (primary N) is 1. The molecule has 0 saturated heterocycles. The second-order valence-corrected chi connectivity index (χ2v) is 4.23. The third-order valence-electron chi connectivity index (χ3n) is 2.09. The van der Waals surface area contributed by atoms with Gasteiger partial charge in [-0.25, -0.2) is 0 Å². The summed E-state index contributed by atoms with van der Waals surface area (Å²) in [5.41, 5.74) is 5.87. The number of pyridine rings is 1. The molecular weight excluding hydrogens is 222 g/mol. The molecule has 0 aliphatic heterocycles. The minimum atomic E-state index is -0.150. The number of hydrogen-bond acceptors (Lipinski definition) is 3. The van der Waals surface area contributed by atoms with E-state index in [4.69, 9.17) is 18.0 Å². The smallest absolute Gasteiger partial charge is 0.273 e. The predicted molar refractivity (Wildman–Crippen MR) is 67.2 cm³/mol. The van der Waals surface area contributed by atoms with Crippen molar-refractivity contribution in [1.29, 1.82) is 0 Å². The topological polar surface area (TPSA) is 59.2 Å². The molecular formula is C11H15N3OS. The molecule has 0 fully saturated rings. The predicted octanol–water partition coefficient (Wildman–Crippen LogP) is 1.22. The molecule has 4 nitrogen and oxygen atoms in total. The fourth-order valence-electron chi connectivity index (χ4n) is 1.29. The molecule has 1 heterocycles. The van der Waals surface area contributed by atoms with Crippen molar-refractivity contribution in [3.63, 3.8) is 0 Å². The average molecular weight is 237 g/mol. The third kappa shape index (κ3) is 3.27. The van der Waals surface area contributed by atoms with Gasteiger partial charge in [0.1, 0.15) is 5.69 Å². The fourth-order valence-corrected chi connectivity index (χ4v) is 1.43. The van der Waals surface area contributed by atoms with Gasteiger partial charge in [-0.3, -0.25) is 9.78 Å². The lowest BCUT2D eigenvalue weighted by molar-refractivity contribution is 0.0730. The normalized spacial score (nSPS) is 10.2. The summed E-state index contributed by atoms with van der Waals surface area (Å²) in [6.07, 6.45) is 1.59. The van der Waals surface area contributed by atoms with Gasteiger partial charge in [0.15, 0.2) is 0 Å². The van der Waals surface area contributed by atoms with Crippen LogP contribution in [0.2, 0.25) is 0 Å². The van der Waals surface area contributed by atoms with Crippen molar-refractivity contribution < 1.29 is 4.79 Å². The van der Waals surface area contributed by atoms with E-state index in [1.54, 1.807) is 29.3 Å². The Morgan fingerprint density at radius 3 is 2.69 bits per heavy atom. The molecule has 0 radical (unpaired) electrons. The third-order valence-corrected chi connectivity index (χ3v) is 2.22. The first-order valence-corrected chi connectivity index (χ1v) is 5.43. The van der Waals surface area contributed by atoms with Crippen LogP contribution in [0.4, 0.5) is 0 Å². The van der Waals surface area contributed by atoms with E-state index in [1.165, 1.54) is 0 Å². The molecule has 0 aliphatic rings. The average Bonchev–Trinajstić information content (AvgIpc) is 2.25. The maximum Gasteiger partial charge on any atom is 0.273 e. The molecule has 1 aromatic heterocycles. The number of thiocarbonyl (C=S) groups is 1. The zero-order valence-electron chi connectivity index (χ0n) is 9.38. The Bertz CT molecular complexity index is 378. The number of amides is 1. The first-order chi connectivity index (χ1) is 7.52. The van der Waals surface area contributed by atoms with Crippen LogP contribution < -0.4 is 5.73 Å². The Morgan fingerprint density at radius 1 is 1.56 bits per heavy atom. The van der Waals surface area contributed by atoms with Gasteiger partial charge >= 0.3 is 0 Å². The van der Waals surface area contributed by atoms with Crippen molar-refractivity contribution in [3.8, 4) is 0 Å². The highest BCUT2D eigenvalue weighted by atomic mass is 32.1. The summed E-state index contributed by atoms with van der Waals surface area (Å²) < 4.78 is 0. The molecule has 86 valence electrons. The number of carbonyl (C=O) groups is 1. The molecule has 0 atom stereocenters. The van der Waals surface area contributed by atoms with Crippen LogP contribution in [0.1, 0.15) is 24.3 Å². The van der Waals surface area contributed by atoms with Crippen molar-refractivity contribution in [2.45, 2.75) is 19.9 Å². The van der Waals surface area contributed by atoms with Gasteiger partial charge in [-0.2, -0.15) is 0 Å². The molecule has 2 N–H and O–H groups in total. The van der Waals surface area contributed by atoms with Crippen molar-refractivity contribution in [2.75, 3.05) is 6.54 Å². The van der Waals surface area contributed by atoms with Gasteiger partial charge in [-0.15, -0.1) is 0 Å². The van der Waals surface area contributed by atoms with E-state index in [0.29, 0.717) is 10.7 Å². The van der Waals surface area contributed by atoms with Crippen molar-refractivity contribution in [1.82, 2.24) is 9.88 Å². The first-order valence-electron chi connectivity index (χ1n) is 5.02. The molecule has 5 heteroatoms. The first kappa shape index (κ1) is 12.6. The van der Waals surface area contributed by atoms with Crippen LogP contribution in [0, 0.1) is 0 Å². The maximum atomic E-state index is 12.1. The minimum absolute atomic E-state index is 0.0380. The van der Waals surface area contributed by atoms with Crippen LogP contribution >= 0.6 is 12.2 Å². The van der Waals surface area contributed by atoms with E-state index in [9.17, 15) is 4.79 Å². The van der Waals surface area contributed by atoms with Gasteiger partial charge in [0.25, 0.3) is 5.91 Å². The van der Waals surface area contributed by atoms with Crippen molar-refractivity contribution in [2.24, 2.45) is 5.73 Å². The highest BCUT2D eigenvalue weighted by molar-refractivity contribution is 7.80. The van der Waals surface area contributed by atoms with Crippen LogP contribution in [-0.2, 0) is 0 Å². The highest BCUT2D eigenvalue weighted by Gasteiger charge is 2.19. The number of aromatic nitrogens is 1. The lowest BCUT2D eigenvalue weighted by Gasteiger charge is -2.25. The lowest BCUT2D eigenvalue weighted by Crippen LogP contribution is -2.42. The quantitative estimate of drug-likeness (QED) is 0.800. The largest absolute Gasteiger partial charge is 0.392 e. The van der Waals surface area contributed by atoms with Crippen LogP contribution in [-0.4, -0.2) is 33.4 Å². The van der Waals surface area contributed by atoms with Crippen LogP contribution in [0.25, 0.3) is 0 Å². The SMILES string of the molecule is CC(C)N(CC(N)=S)C(=O)c1ccccn1. The van der Waals surface area contributed by atoms with Gasteiger partial charge in [0.2, 0.25) is 0 Å².